The predicted molar refractivity (Wildman–Crippen MR) is 78.9 cm³/mol. The zero-order valence-corrected chi connectivity index (χ0v) is 12.7. The summed E-state index contributed by atoms with van der Waals surface area (Å²) in [5.41, 5.74) is 2.03. The summed E-state index contributed by atoms with van der Waals surface area (Å²) in [6.07, 6.45) is 0. The summed E-state index contributed by atoms with van der Waals surface area (Å²) in [6, 6.07) is 8.07. The Bertz CT molecular complexity index is 333. The summed E-state index contributed by atoms with van der Waals surface area (Å²) in [5.74, 6) is 0. The minimum Gasteiger partial charge on any atom is -0.364 e. The fraction of sp³-hybridized carbons (Fsp3) is 0.571. The second kappa shape index (κ2) is 9.55. The molecule has 6 nitrogen and oxygen atoms in total. The van der Waals surface area contributed by atoms with Gasteiger partial charge in [0, 0.05) is 39.8 Å². The van der Waals surface area contributed by atoms with Gasteiger partial charge in [0.15, 0.2) is 0 Å². The first-order valence-electron chi connectivity index (χ1n) is 6.32. The molecule has 1 aromatic carbocycles. The Kier molecular flexibility index (Phi) is 7.98. The standard InChI is InChI=1S/C14H24N2O4/c1-17-9-15(10-18-2)13-6-5-7-14(8-13)16(11-19-3)12-20-4/h5-8H,9-12H2,1-4H3. The lowest BCUT2D eigenvalue weighted by atomic mass is 10.2. The highest BCUT2D eigenvalue weighted by atomic mass is 16.5. The van der Waals surface area contributed by atoms with E-state index >= 15 is 0 Å². The molecule has 0 aliphatic carbocycles. The van der Waals surface area contributed by atoms with Crippen molar-refractivity contribution in [3.8, 4) is 0 Å². The third-order valence-electron chi connectivity index (χ3n) is 2.70. The zero-order chi connectivity index (χ0) is 14.8. The Morgan fingerprint density at radius 2 is 1.05 bits per heavy atom. The van der Waals surface area contributed by atoms with Crippen molar-refractivity contribution >= 4 is 11.4 Å². The molecule has 0 amide bonds. The lowest BCUT2D eigenvalue weighted by molar-refractivity contribution is 0.139. The van der Waals surface area contributed by atoms with Gasteiger partial charge in [-0.05, 0) is 18.2 Å². The molecule has 1 aromatic rings. The zero-order valence-electron chi connectivity index (χ0n) is 12.7. The van der Waals surface area contributed by atoms with Gasteiger partial charge in [0.2, 0.25) is 0 Å². The Morgan fingerprint density at radius 1 is 0.700 bits per heavy atom. The maximum Gasteiger partial charge on any atom is 0.120 e. The Morgan fingerprint density at radius 3 is 1.35 bits per heavy atom. The molecular formula is C14H24N2O4. The van der Waals surface area contributed by atoms with Gasteiger partial charge in [-0.15, -0.1) is 0 Å². The van der Waals surface area contributed by atoms with Gasteiger partial charge in [0.25, 0.3) is 0 Å². The normalized spacial score (nSPS) is 10.6. The average molecular weight is 284 g/mol. The highest BCUT2D eigenvalue weighted by Gasteiger charge is 2.10. The Labute approximate surface area is 120 Å². The lowest BCUT2D eigenvalue weighted by Gasteiger charge is -2.26. The summed E-state index contributed by atoms with van der Waals surface area (Å²) >= 11 is 0. The van der Waals surface area contributed by atoms with Crippen LogP contribution >= 0.6 is 0 Å². The summed E-state index contributed by atoms with van der Waals surface area (Å²) in [7, 11) is 6.65. The van der Waals surface area contributed by atoms with Crippen LogP contribution in [0.15, 0.2) is 24.3 Å². The van der Waals surface area contributed by atoms with Gasteiger partial charge in [-0.2, -0.15) is 0 Å². The molecule has 0 aromatic heterocycles. The van der Waals surface area contributed by atoms with Crippen LogP contribution in [-0.2, 0) is 18.9 Å². The van der Waals surface area contributed by atoms with Gasteiger partial charge in [-0.3, -0.25) is 0 Å². The molecule has 0 aliphatic heterocycles. The maximum absolute atomic E-state index is 5.19. The number of rotatable bonds is 10. The minimum absolute atomic E-state index is 0.464. The molecule has 0 atom stereocenters. The molecule has 0 saturated heterocycles. The van der Waals surface area contributed by atoms with Crippen LogP contribution < -0.4 is 9.80 Å². The number of benzene rings is 1. The Balaban J connectivity index is 2.90. The number of ether oxygens (including phenoxy) is 4. The smallest absolute Gasteiger partial charge is 0.120 e. The molecule has 0 aliphatic rings. The number of methoxy groups -OCH3 is 4. The van der Waals surface area contributed by atoms with Crippen molar-refractivity contribution < 1.29 is 18.9 Å². The molecular weight excluding hydrogens is 260 g/mol. The van der Waals surface area contributed by atoms with Crippen LogP contribution in [0.4, 0.5) is 11.4 Å². The van der Waals surface area contributed by atoms with Crippen molar-refractivity contribution in [2.24, 2.45) is 0 Å². The van der Waals surface area contributed by atoms with Crippen molar-refractivity contribution in [3.05, 3.63) is 24.3 Å². The summed E-state index contributed by atoms with van der Waals surface area (Å²) in [6.45, 7) is 1.86. The van der Waals surface area contributed by atoms with Crippen molar-refractivity contribution in [2.75, 3.05) is 65.2 Å². The summed E-state index contributed by atoms with van der Waals surface area (Å²) < 4.78 is 20.8. The molecule has 0 bridgehead atoms. The van der Waals surface area contributed by atoms with Gasteiger partial charge >= 0.3 is 0 Å². The fourth-order valence-corrected chi connectivity index (χ4v) is 1.88. The predicted octanol–water partition coefficient (Wildman–Crippen LogP) is 1.72. The number of hydrogen-bond donors (Lipinski definition) is 0. The van der Waals surface area contributed by atoms with E-state index in [0.717, 1.165) is 11.4 Å². The molecule has 6 heteroatoms. The van der Waals surface area contributed by atoms with E-state index in [1.54, 1.807) is 28.4 Å². The molecule has 0 N–H and O–H groups in total. The Hall–Kier alpha value is -1.34. The molecule has 0 saturated carbocycles. The SMILES string of the molecule is COCN(COC)c1cccc(N(COC)COC)c1. The highest BCUT2D eigenvalue weighted by molar-refractivity contribution is 5.58. The van der Waals surface area contributed by atoms with Gasteiger partial charge in [0.05, 0.1) is 0 Å². The van der Waals surface area contributed by atoms with E-state index in [1.807, 2.05) is 28.0 Å². The molecule has 20 heavy (non-hydrogen) atoms. The fourth-order valence-electron chi connectivity index (χ4n) is 1.88. The minimum atomic E-state index is 0.464. The average Bonchev–Trinajstić information content (AvgIpc) is 2.47. The van der Waals surface area contributed by atoms with Crippen LogP contribution in [0.3, 0.4) is 0 Å². The molecule has 0 radical (unpaired) electrons. The molecule has 0 spiro atoms. The van der Waals surface area contributed by atoms with E-state index < -0.39 is 0 Å². The van der Waals surface area contributed by atoms with Crippen molar-refractivity contribution in [3.63, 3.8) is 0 Å². The second-order valence-electron chi connectivity index (χ2n) is 4.27. The topological polar surface area (TPSA) is 43.4 Å². The monoisotopic (exact) mass is 284 g/mol. The molecule has 0 unspecified atom stereocenters. The second-order valence-corrected chi connectivity index (χ2v) is 4.27. The summed E-state index contributed by atoms with van der Waals surface area (Å²) in [4.78, 5) is 3.97. The van der Waals surface area contributed by atoms with Gasteiger partial charge < -0.3 is 28.7 Å². The quantitative estimate of drug-likeness (QED) is 0.610. The number of anilines is 2. The van der Waals surface area contributed by atoms with Crippen molar-refractivity contribution in [2.45, 2.75) is 0 Å². The first-order chi connectivity index (χ1) is 9.76. The number of hydrogen-bond acceptors (Lipinski definition) is 6. The summed E-state index contributed by atoms with van der Waals surface area (Å²) in [5, 5.41) is 0. The van der Waals surface area contributed by atoms with Gasteiger partial charge in [0.1, 0.15) is 26.9 Å². The van der Waals surface area contributed by atoms with Crippen LogP contribution in [0.2, 0.25) is 0 Å². The largest absolute Gasteiger partial charge is 0.364 e. The van der Waals surface area contributed by atoms with Gasteiger partial charge in [-0.1, -0.05) is 6.07 Å². The van der Waals surface area contributed by atoms with Crippen molar-refractivity contribution in [1.82, 2.24) is 0 Å². The molecule has 0 heterocycles. The van der Waals surface area contributed by atoms with Crippen LogP contribution in [-0.4, -0.2) is 55.4 Å². The van der Waals surface area contributed by atoms with Crippen LogP contribution in [0.25, 0.3) is 0 Å². The van der Waals surface area contributed by atoms with E-state index in [-0.39, 0.29) is 0 Å². The first-order valence-corrected chi connectivity index (χ1v) is 6.32. The van der Waals surface area contributed by atoms with Gasteiger partial charge in [-0.25, -0.2) is 0 Å². The number of nitrogens with zero attached hydrogens (tertiary/aromatic N) is 2. The van der Waals surface area contributed by atoms with Crippen LogP contribution in [0, 0.1) is 0 Å². The van der Waals surface area contributed by atoms with E-state index in [9.17, 15) is 0 Å². The third kappa shape index (κ3) is 4.97. The van der Waals surface area contributed by atoms with E-state index in [1.165, 1.54) is 0 Å². The molecule has 0 fully saturated rings. The highest BCUT2D eigenvalue weighted by Crippen LogP contribution is 2.22. The first kappa shape index (κ1) is 16.7. The molecule has 1 rings (SSSR count). The van der Waals surface area contributed by atoms with E-state index in [4.69, 9.17) is 18.9 Å². The van der Waals surface area contributed by atoms with Crippen LogP contribution in [0.5, 0.6) is 0 Å². The van der Waals surface area contributed by atoms with E-state index in [0.29, 0.717) is 26.9 Å². The lowest BCUT2D eigenvalue weighted by Crippen LogP contribution is -2.30. The third-order valence-corrected chi connectivity index (χ3v) is 2.70. The van der Waals surface area contributed by atoms with Crippen molar-refractivity contribution in [1.29, 1.82) is 0 Å². The molecule has 114 valence electrons. The van der Waals surface area contributed by atoms with Crippen LogP contribution in [0.1, 0.15) is 0 Å². The van der Waals surface area contributed by atoms with E-state index in [2.05, 4.69) is 6.07 Å². The maximum atomic E-state index is 5.19.